The Morgan fingerprint density at radius 1 is 1.65 bits per heavy atom. The maximum absolute atomic E-state index is 11.6. The highest BCUT2D eigenvalue weighted by molar-refractivity contribution is 5.90. The van der Waals surface area contributed by atoms with E-state index in [-0.39, 0.29) is 24.3 Å². The molecule has 1 atom stereocenters. The van der Waals surface area contributed by atoms with Gasteiger partial charge in [0.25, 0.3) is 0 Å². The number of methoxy groups -OCH3 is 1. The number of hydrogen-bond acceptors (Lipinski definition) is 6. The normalized spacial score (nSPS) is 21.6. The van der Waals surface area contributed by atoms with Crippen LogP contribution in [0.15, 0.2) is 18.3 Å². The smallest absolute Gasteiger partial charge is 0.338 e. The number of esters is 1. The van der Waals surface area contributed by atoms with E-state index < -0.39 is 0 Å². The number of nitrogens with zero attached hydrogens (tertiary/aromatic N) is 2. The zero-order valence-corrected chi connectivity index (χ0v) is 12.0. The number of aromatic nitrogens is 1. The van der Waals surface area contributed by atoms with Gasteiger partial charge in [-0.3, -0.25) is 0 Å². The molecule has 1 aliphatic heterocycles. The number of ether oxygens (including phenoxy) is 2. The van der Waals surface area contributed by atoms with Gasteiger partial charge in [-0.05, 0) is 26.0 Å². The second-order valence-corrected chi connectivity index (χ2v) is 5.46. The van der Waals surface area contributed by atoms with Gasteiger partial charge in [0.1, 0.15) is 5.82 Å². The molecule has 0 aliphatic carbocycles. The molecule has 0 saturated carbocycles. The van der Waals surface area contributed by atoms with Crippen LogP contribution in [0.2, 0.25) is 0 Å². The van der Waals surface area contributed by atoms with E-state index >= 15 is 0 Å². The van der Waals surface area contributed by atoms with Crippen molar-refractivity contribution in [3.8, 4) is 0 Å². The second kappa shape index (κ2) is 5.76. The predicted octanol–water partition coefficient (Wildman–Crippen LogP) is 0.844. The van der Waals surface area contributed by atoms with Gasteiger partial charge in [-0.25, -0.2) is 9.78 Å². The summed E-state index contributed by atoms with van der Waals surface area (Å²) < 4.78 is 10.5. The quantitative estimate of drug-likeness (QED) is 0.827. The lowest BCUT2D eigenvalue weighted by atomic mass is 10.1. The molecule has 1 aromatic rings. The Kier molecular flexibility index (Phi) is 4.25. The number of pyridine rings is 1. The van der Waals surface area contributed by atoms with E-state index in [0.29, 0.717) is 24.5 Å². The van der Waals surface area contributed by atoms with Gasteiger partial charge < -0.3 is 19.5 Å². The standard InChI is InChI=1S/C14H20N2O4/c1-14(2)9-16(7-11(8-17)20-14)12-6-10(4-5-15-12)13(18)19-3/h4-6,11,17H,7-9H2,1-3H3. The molecule has 0 aromatic carbocycles. The van der Waals surface area contributed by atoms with Crippen molar-refractivity contribution in [2.24, 2.45) is 0 Å². The maximum Gasteiger partial charge on any atom is 0.338 e. The summed E-state index contributed by atoms with van der Waals surface area (Å²) in [5.74, 6) is 0.294. The molecule has 1 aliphatic rings. The molecule has 0 bridgehead atoms. The Labute approximate surface area is 118 Å². The molecule has 6 nitrogen and oxygen atoms in total. The molecule has 1 saturated heterocycles. The van der Waals surface area contributed by atoms with Gasteiger partial charge in [0.05, 0.1) is 31.0 Å². The van der Waals surface area contributed by atoms with Crippen molar-refractivity contribution in [2.75, 3.05) is 31.7 Å². The fourth-order valence-corrected chi connectivity index (χ4v) is 2.40. The first-order valence-corrected chi connectivity index (χ1v) is 6.53. The lowest BCUT2D eigenvalue weighted by Gasteiger charge is -2.42. The van der Waals surface area contributed by atoms with Crippen molar-refractivity contribution in [1.29, 1.82) is 0 Å². The monoisotopic (exact) mass is 280 g/mol. The number of aliphatic hydroxyl groups excluding tert-OH is 1. The molecule has 1 unspecified atom stereocenters. The molecule has 110 valence electrons. The van der Waals surface area contributed by atoms with E-state index in [1.807, 2.05) is 18.7 Å². The van der Waals surface area contributed by atoms with Crippen LogP contribution in [0.4, 0.5) is 5.82 Å². The molecule has 6 heteroatoms. The molecule has 1 aromatic heterocycles. The molecular formula is C14H20N2O4. The van der Waals surface area contributed by atoms with Crippen LogP contribution in [0.1, 0.15) is 24.2 Å². The number of hydrogen-bond donors (Lipinski definition) is 1. The van der Waals surface area contributed by atoms with Gasteiger partial charge in [0, 0.05) is 19.3 Å². The number of rotatable bonds is 3. The van der Waals surface area contributed by atoms with Gasteiger partial charge in [-0.2, -0.15) is 0 Å². The summed E-state index contributed by atoms with van der Waals surface area (Å²) in [7, 11) is 1.35. The molecule has 1 N–H and O–H groups in total. The third-order valence-corrected chi connectivity index (χ3v) is 3.18. The summed E-state index contributed by atoms with van der Waals surface area (Å²) in [6.07, 6.45) is 1.32. The molecule has 0 amide bonds. The number of anilines is 1. The van der Waals surface area contributed by atoms with Crippen LogP contribution in [0, 0.1) is 0 Å². The van der Waals surface area contributed by atoms with Crippen LogP contribution in [-0.4, -0.2) is 54.6 Å². The molecule has 2 rings (SSSR count). The van der Waals surface area contributed by atoms with Gasteiger partial charge >= 0.3 is 5.97 Å². The number of morpholine rings is 1. The summed E-state index contributed by atoms with van der Waals surface area (Å²) >= 11 is 0. The Bertz CT molecular complexity index is 490. The molecule has 2 heterocycles. The van der Waals surface area contributed by atoms with Crippen molar-refractivity contribution >= 4 is 11.8 Å². The Hall–Kier alpha value is -1.66. The number of carbonyl (C=O) groups is 1. The van der Waals surface area contributed by atoms with Gasteiger partial charge in [-0.1, -0.05) is 0 Å². The van der Waals surface area contributed by atoms with Crippen molar-refractivity contribution < 1.29 is 19.4 Å². The first-order valence-electron chi connectivity index (χ1n) is 6.53. The Morgan fingerprint density at radius 3 is 3.05 bits per heavy atom. The SMILES string of the molecule is COC(=O)c1ccnc(N2CC(CO)OC(C)(C)C2)c1. The summed E-state index contributed by atoms with van der Waals surface area (Å²) in [5, 5.41) is 9.32. The van der Waals surface area contributed by atoms with Crippen LogP contribution in [0.25, 0.3) is 0 Å². The predicted molar refractivity (Wildman–Crippen MR) is 73.8 cm³/mol. The van der Waals surface area contributed by atoms with E-state index in [1.54, 1.807) is 18.3 Å². The fourth-order valence-electron chi connectivity index (χ4n) is 2.40. The molecule has 0 spiro atoms. The molecular weight excluding hydrogens is 260 g/mol. The molecule has 0 radical (unpaired) electrons. The fraction of sp³-hybridized carbons (Fsp3) is 0.571. The van der Waals surface area contributed by atoms with Crippen molar-refractivity contribution in [3.05, 3.63) is 23.9 Å². The molecule has 20 heavy (non-hydrogen) atoms. The summed E-state index contributed by atoms with van der Waals surface area (Å²) in [6.45, 7) is 5.06. The average molecular weight is 280 g/mol. The zero-order valence-electron chi connectivity index (χ0n) is 12.0. The summed E-state index contributed by atoms with van der Waals surface area (Å²) in [5.41, 5.74) is 0.0801. The van der Waals surface area contributed by atoms with Crippen LogP contribution in [0.3, 0.4) is 0 Å². The third-order valence-electron chi connectivity index (χ3n) is 3.18. The third kappa shape index (κ3) is 3.26. The van der Waals surface area contributed by atoms with E-state index in [2.05, 4.69) is 4.98 Å². The van der Waals surface area contributed by atoms with Crippen LogP contribution < -0.4 is 4.90 Å². The second-order valence-electron chi connectivity index (χ2n) is 5.46. The first-order chi connectivity index (χ1) is 9.45. The number of aliphatic hydroxyl groups is 1. The van der Waals surface area contributed by atoms with Crippen LogP contribution in [0.5, 0.6) is 0 Å². The van der Waals surface area contributed by atoms with Crippen LogP contribution in [-0.2, 0) is 9.47 Å². The average Bonchev–Trinajstić information content (AvgIpc) is 2.44. The highest BCUT2D eigenvalue weighted by atomic mass is 16.5. The van der Waals surface area contributed by atoms with E-state index in [1.165, 1.54) is 7.11 Å². The van der Waals surface area contributed by atoms with Crippen molar-refractivity contribution in [2.45, 2.75) is 25.6 Å². The van der Waals surface area contributed by atoms with Gasteiger partial charge in [0.2, 0.25) is 0 Å². The summed E-state index contributed by atoms with van der Waals surface area (Å²) in [4.78, 5) is 17.9. The largest absolute Gasteiger partial charge is 0.465 e. The van der Waals surface area contributed by atoms with Gasteiger partial charge in [0.15, 0.2) is 0 Å². The maximum atomic E-state index is 11.6. The minimum atomic E-state index is -0.389. The molecule has 1 fully saturated rings. The van der Waals surface area contributed by atoms with E-state index in [0.717, 1.165) is 0 Å². The highest BCUT2D eigenvalue weighted by Crippen LogP contribution is 2.25. The Balaban J connectivity index is 2.24. The van der Waals surface area contributed by atoms with Crippen molar-refractivity contribution in [1.82, 2.24) is 4.98 Å². The Morgan fingerprint density at radius 2 is 2.40 bits per heavy atom. The lowest BCUT2D eigenvalue weighted by Crippen LogP contribution is -2.54. The first kappa shape index (κ1) is 14.7. The minimum absolute atomic E-state index is 0.0450. The zero-order chi connectivity index (χ0) is 14.8. The van der Waals surface area contributed by atoms with Gasteiger partial charge in [-0.15, -0.1) is 0 Å². The number of carbonyl (C=O) groups excluding carboxylic acids is 1. The minimum Gasteiger partial charge on any atom is -0.465 e. The van der Waals surface area contributed by atoms with Crippen LogP contribution >= 0.6 is 0 Å². The highest BCUT2D eigenvalue weighted by Gasteiger charge is 2.33. The van der Waals surface area contributed by atoms with Crippen molar-refractivity contribution in [3.63, 3.8) is 0 Å². The summed E-state index contributed by atoms with van der Waals surface area (Å²) in [6, 6.07) is 3.31. The topological polar surface area (TPSA) is 71.9 Å². The van der Waals surface area contributed by atoms with E-state index in [9.17, 15) is 9.90 Å². The van der Waals surface area contributed by atoms with E-state index in [4.69, 9.17) is 9.47 Å². The lowest BCUT2D eigenvalue weighted by molar-refractivity contribution is -0.101.